The van der Waals surface area contributed by atoms with E-state index in [0.717, 1.165) is 4.57 Å². The molecule has 116 valence electrons. The molecule has 2 rings (SSSR count). The average molecular weight is 311 g/mol. The van der Waals surface area contributed by atoms with Crippen molar-refractivity contribution >= 4 is 17.9 Å². The largest absolute Gasteiger partial charge is 0.494 e. The monoisotopic (exact) mass is 311 g/mol. The van der Waals surface area contributed by atoms with Gasteiger partial charge in [-0.3, -0.25) is 14.4 Å². The van der Waals surface area contributed by atoms with Crippen LogP contribution in [0.2, 0.25) is 0 Å². The molecule has 0 unspecified atom stereocenters. The molecule has 2 N–H and O–H groups in total. The third kappa shape index (κ3) is 2.96. The molecule has 1 aromatic heterocycles. The molecule has 0 aliphatic carbocycles. The van der Waals surface area contributed by atoms with Crippen LogP contribution in [0.5, 0.6) is 5.88 Å². The fourth-order valence-electron chi connectivity index (χ4n) is 2.02. The molecule has 0 spiro atoms. The van der Waals surface area contributed by atoms with Crippen LogP contribution in [-0.2, 0) is 7.05 Å². The van der Waals surface area contributed by atoms with Crippen molar-refractivity contribution in [3.63, 3.8) is 0 Å². The molecule has 0 radical (unpaired) electrons. The minimum atomic E-state index is -1.04. The third-order valence-corrected chi connectivity index (χ3v) is 3.42. The number of nitriles is 1. The number of nitrogens with zero attached hydrogens (tertiary/aromatic N) is 3. The van der Waals surface area contributed by atoms with Gasteiger partial charge in [-0.1, -0.05) is 0 Å². The lowest BCUT2D eigenvalue weighted by molar-refractivity contribution is 0.0697. The highest BCUT2D eigenvalue weighted by atomic mass is 16.4. The van der Waals surface area contributed by atoms with Crippen LogP contribution < -0.4 is 5.56 Å². The van der Waals surface area contributed by atoms with Gasteiger partial charge in [0.1, 0.15) is 11.6 Å². The van der Waals surface area contributed by atoms with Crippen LogP contribution in [-0.4, -0.2) is 27.0 Å². The van der Waals surface area contributed by atoms with Gasteiger partial charge in [0.25, 0.3) is 5.56 Å². The van der Waals surface area contributed by atoms with Crippen molar-refractivity contribution in [3.8, 4) is 11.9 Å². The zero-order chi connectivity index (χ0) is 17.1. The number of carboxylic acids is 1. The first-order chi connectivity index (χ1) is 10.9. The smallest absolute Gasteiger partial charge is 0.335 e. The second-order valence-corrected chi connectivity index (χ2v) is 4.82. The number of hydrogen-bond acceptors (Lipinski definition) is 5. The van der Waals surface area contributed by atoms with Crippen LogP contribution in [0.25, 0.3) is 0 Å². The number of aromatic nitrogens is 1. The average Bonchev–Trinajstić information content (AvgIpc) is 2.54. The number of hydrogen-bond donors (Lipinski definition) is 2. The highest BCUT2D eigenvalue weighted by Crippen LogP contribution is 2.20. The minimum Gasteiger partial charge on any atom is -0.494 e. The molecular formula is C16H13N3O4. The molecular weight excluding hydrogens is 298 g/mol. The molecule has 0 saturated heterocycles. The Labute approximate surface area is 131 Å². The zero-order valence-electron chi connectivity index (χ0n) is 12.4. The number of benzene rings is 1. The Morgan fingerprint density at radius 3 is 2.48 bits per heavy atom. The van der Waals surface area contributed by atoms with Gasteiger partial charge in [0, 0.05) is 13.3 Å². The van der Waals surface area contributed by atoms with Gasteiger partial charge < -0.3 is 10.2 Å². The number of aromatic carboxylic acids is 1. The van der Waals surface area contributed by atoms with Gasteiger partial charge in [0.2, 0.25) is 5.88 Å². The molecule has 0 atom stereocenters. The molecule has 0 amide bonds. The van der Waals surface area contributed by atoms with E-state index in [1.807, 2.05) is 6.07 Å². The zero-order valence-corrected chi connectivity index (χ0v) is 12.4. The Morgan fingerprint density at radius 2 is 1.96 bits per heavy atom. The second kappa shape index (κ2) is 6.15. The van der Waals surface area contributed by atoms with Crippen molar-refractivity contribution < 1.29 is 15.0 Å². The molecule has 0 saturated carbocycles. The molecule has 1 heterocycles. The Balaban J connectivity index is 2.48. The fourth-order valence-corrected chi connectivity index (χ4v) is 2.02. The van der Waals surface area contributed by atoms with Crippen LogP contribution in [0.3, 0.4) is 0 Å². The molecule has 7 nitrogen and oxygen atoms in total. The highest BCUT2D eigenvalue weighted by molar-refractivity contribution is 5.89. The Bertz CT molecular complexity index is 903. The van der Waals surface area contributed by atoms with Gasteiger partial charge in [-0.05, 0) is 36.8 Å². The summed E-state index contributed by atoms with van der Waals surface area (Å²) in [5.41, 5.74) is 0.557. The lowest BCUT2D eigenvalue weighted by Crippen LogP contribution is -2.22. The van der Waals surface area contributed by atoms with Crippen LogP contribution in [0.4, 0.5) is 5.69 Å². The molecule has 2 aromatic rings. The topological polar surface area (TPSA) is 116 Å². The van der Waals surface area contributed by atoms with Crippen molar-refractivity contribution in [2.45, 2.75) is 6.92 Å². The summed E-state index contributed by atoms with van der Waals surface area (Å²) in [6.07, 6.45) is 1.33. The molecule has 1 aromatic carbocycles. The van der Waals surface area contributed by atoms with Crippen molar-refractivity contribution in [2.75, 3.05) is 0 Å². The number of aromatic hydroxyl groups is 1. The van der Waals surface area contributed by atoms with Gasteiger partial charge >= 0.3 is 5.97 Å². The summed E-state index contributed by atoms with van der Waals surface area (Å²) in [7, 11) is 1.36. The van der Waals surface area contributed by atoms with E-state index < -0.39 is 11.5 Å². The van der Waals surface area contributed by atoms with Crippen LogP contribution in [0, 0.1) is 18.3 Å². The summed E-state index contributed by atoms with van der Waals surface area (Å²) < 4.78 is 0.973. The lowest BCUT2D eigenvalue weighted by Gasteiger charge is -2.09. The predicted octanol–water partition coefficient (Wildman–Crippen LogP) is 1.72. The van der Waals surface area contributed by atoms with Gasteiger partial charge in [-0.25, -0.2) is 4.79 Å². The van der Waals surface area contributed by atoms with E-state index in [2.05, 4.69) is 4.99 Å². The van der Waals surface area contributed by atoms with Gasteiger partial charge in [-0.2, -0.15) is 5.26 Å². The van der Waals surface area contributed by atoms with E-state index in [4.69, 9.17) is 10.4 Å². The van der Waals surface area contributed by atoms with E-state index in [0.29, 0.717) is 11.3 Å². The van der Waals surface area contributed by atoms with E-state index >= 15 is 0 Å². The van der Waals surface area contributed by atoms with E-state index in [1.54, 1.807) is 6.92 Å². The Hall–Kier alpha value is -3.40. The standard InChI is InChI=1S/C16H13N3O4/c1-9-12(7-17)14(20)19(2)15(21)13(9)8-18-11-5-3-10(4-6-11)16(22)23/h3-6,8,21H,1-2H3,(H,22,23). The van der Waals surface area contributed by atoms with Gasteiger partial charge in [-0.15, -0.1) is 0 Å². The van der Waals surface area contributed by atoms with E-state index in [1.165, 1.54) is 37.5 Å². The Morgan fingerprint density at radius 1 is 1.35 bits per heavy atom. The molecule has 0 bridgehead atoms. The highest BCUT2D eigenvalue weighted by Gasteiger charge is 2.15. The summed E-state index contributed by atoms with van der Waals surface area (Å²) in [6, 6.07) is 7.66. The number of carboxylic acid groups (broad SMARTS) is 1. The minimum absolute atomic E-state index is 0.0621. The molecule has 23 heavy (non-hydrogen) atoms. The van der Waals surface area contributed by atoms with Crippen molar-refractivity contribution in [2.24, 2.45) is 12.0 Å². The van der Waals surface area contributed by atoms with Crippen molar-refractivity contribution in [1.29, 1.82) is 5.26 Å². The normalized spacial score (nSPS) is 10.7. The van der Waals surface area contributed by atoms with E-state index in [9.17, 15) is 14.7 Å². The van der Waals surface area contributed by atoms with Gasteiger partial charge in [0.05, 0.1) is 16.8 Å². The predicted molar refractivity (Wildman–Crippen MR) is 83.5 cm³/mol. The number of aliphatic imine (C=N–C) groups is 1. The van der Waals surface area contributed by atoms with Crippen LogP contribution in [0.15, 0.2) is 34.1 Å². The summed E-state index contributed by atoms with van der Waals surface area (Å²) in [4.78, 5) is 26.8. The van der Waals surface area contributed by atoms with E-state index in [-0.39, 0.29) is 22.6 Å². The van der Waals surface area contributed by atoms with Crippen LogP contribution >= 0.6 is 0 Å². The lowest BCUT2D eigenvalue weighted by atomic mass is 10.1. The van der Waals surface area contributed by atoms with Gasteiger partial charge in [0.15, 0.2) is 0 Å². The maximum absolute atomic E-state index is 11.8. The summed E-state index contributed by atoms with van der Waals surface area (Å²) in [5, 5.41) is 28.0. The summed E-state index contributed by atoms with van der Waals surface area (Å²) >= 11 is 0. The van der Waals surface area contributed by atoms with Crippen molar-refractivity contribution in [3.05, 3.63) is 56.9 Å². The molecule has 7 heteroatoms. The number of rotatable bonds is 3. The first-order valence-electron chi connectivity index (χ1n) is 6.57. The quantitative estimate of drug-likeness (QED) is 0.837. The number of carbonyl (C=O) groups is 1. The fraction of sp³-hybridized carbons (Fsp3) is 0.125. The first kappa shape index (κ1) is 16.0. The summed E-state index contributed by atoms with van der Waals surface area (Å²) in [6.45, 7) is 1.55. The van der Waals surface area contributed by atoms with Crippen molar-refractivity contribution in [1.82, 2.24) is 4.57 Å². The molecule has 0 aliphatic rings. The van der Waals surface area contributed by atoms with Crippen LogP contribution in [0.1, 0.15) is 27.0 Å². The Kier molecular flexibility index (Phi) is 4.27. The third-order valence-electron chi connectivity index (χ3n) is 3.42. The molecule has 0 aliphatic heterocycles. The number of pyridine rings is 1. The first-order valence-corrected chi connectivity index (χ1v) is 6.57. The summed E-state index contributed by atoms with van der Waals surface area (Å²) in [5.74, 6) is -1.33. The maximum Gasteiger partial charge on any atom is 0.335 e. The maximum atomic E-state index is 11.8. The second-order valence-electron chi connectivity index (χ2n) is 4.82. The SMILES string of the molecule is Cc1c(C=Nc2ccc(C(=O)O)cc2)c(O)n(C)c(=O)c1C#N. The molecule has 0 fully saturated rings.